The van der Waals surface area contributed by atoms with E-state index in [1.165, 1.54) is 0 Å². The van der Waals surface area contributed by atoms with Gasteiger partial charge in [-0.25, -0.2) is 13.6 Å². The Kier molecular flexibility index (Phi) is 5.93. The van der Waals surface area contributed by atoms with E-state index in [-0.39, 0.29) is 22.7 Å². The first kappa shape index (κ1) is 18.4. The lowest BCUT2D eigenvalue weighted by molar-refractivity contribution is -0.137. The molecule has 0 heterocycles. The van der Waals surface area contributed by atoms with Crippen molar-refractivity contribution in [1.29, 1.82) is 0 Å². The molecule has 0 spiro atoms. The van der Waals surface area contributed by atoms with Crippen LogP contribution in [0.5, 0.6) is 5.75 Å². The highest BCUT2D eigenvalue weighted by Crippen LogP contribution is 2.35. The number of aliphatic hydroxyl groups is 1. The average molecular weight is 404 g/mol. The second-order valence-electron chi connectivity index (χ2n) is 5.06. The van der Waals surface area contributed by atoms with Crippen LogP contribution in [0.2, 0.25) is 0 Å². The molecule has 1 aromatic carbocycles. The molecule has 0 amide bonds. The summed E-state index contributed by atoms with van der Waals surface area (Å²) in [7, 11) is 1.16. The van der Waals surface area contributed by atoms with E-state index in [0.29, 0.717) is 0 Å². The number of hydrogen-bond donors (Lipinski definition) is 1. The van der Waals surface area contributed by atoms with Crippen LogP contribution < -0.4 is 4.74 Å². The highest BCUT2D eigenvalue weighted by Gasteiger charge is 2.25. The van der Waals surface area contributed by atoms with Gasteiger partial charge in [0.15, 0.2) is 11.6 Å². The number of hydrogen-bond acceptors (Lipinski definition) is 5. The molecular formula is C16H16BrF2NO4. The van der Waals surface area contributed by atoms with Crippen molar-refractivity contribution in [2.45, 2.75) is 25.8 Å². The van der Waals surface area contributed by atoms with Crippen LogP contribution in [0, 0.1) is 11.6 Å². The molecule has 0 atom stereocenters. The summed E-state index contributed by atoms with van der Waals surface area (Å²) in [5.74, 6) is -3.91. The maximum Gasteiger partial charge on any atom is 0.343 e. The predicted molar refractivity (Wildman–Crippen MR) is 88.3 cm³/mol. The van der Waals surface area contributed by atoms with Gasteiger partial charge in [0.1, 0.15) is 17.1 Å². The van der Waals surface area contributed by atoms with Crippen LogP contribution >= 0.6 is 15.9 Å². The van der Waals surface area contributed by atoms with E-state index in [1.54, 1.807) is 6.92 Å². The molecule has 130 valence electrons. The quantitative estimate of drug-likeness (QED) is 0.258. The van der Waals surface area contributed by atoms with Crippen LogP contribution in [0.3, 0.4) is 0 Å². The highest BCUT2D eigenvalue weighted by atomic mass is 79.9. The summed E-state index contributed by atoms with van der Waals surface area (Å²) in [6.45, 7) is 1.65. The van der Waals surface area contributed by atoms with E-state index in [4.69, 9.17) is 9.47 Å². The molecule has 2 rings (SSSR count). The van der Waals surface area contributed by atoms with E-state index >= 15 is 0 Å². The van der Waals surface area contributed by atoms with E-state index < -0.39 is 34.7 Å². The number of esters is 1. The third kappa shape index (κ3) is 3.92. The van der Waals surface area contributed by atoms with Crippen molar-refractivity contribution >= 4 is 33.9 Å². The average Bonchev–Trinajstić information content (AvgIpc) is 3.36. The van der Waals surface area contributed by atoms with Crippen molar-refractivity contribution in [3.05, 3.63) is 33.3 Å². The lowest BCUT2D eigenvalue weighted by atomic mass is 10.1. The molecule has 0 aliphatic heterocycles. The summed E-state index contributed by atoms with van der Waals surface area (Å²) in [4.78, 5) is 16.1. The van der Waals surface area contributed by atoms with Crippen molar-refractivity contribution in [2.24, 2.45) is 4.99 Å². The molecule has 0 aromatic heterocycles. The van der Waals surface area contributed by atoms with Gasteiger partial charge in [0.05, 0.1) is 29.8 Å². The molecule has 1 N–H and O–H groups in total. The summed E-state index contributed by atoms with van der Waals surface area (Å²) in [6.07, 6.45) is 2.89. The van der Waals surface area contributed by atoms with Gasteiger partial charge >= 0.3 is 5.97 Å². The molecule has 1 saturated carbocycles. The maximum atomic E-state index is 14.5. The lowest BCUT2D eigenvalue weighted by Crippen LogP contribution is -2.12. The SMILES string of the molecule is CCOC(=O)/C(C=NC1CC1)=C(\O)c1cc(F)c(Br)c(OC)c1F. The number of nitrogens with zero attached hydrogens (tertiary/aromatic N) is 1. The maximum absolute atomic E-state index is 14.5. The van der Waals surface area contributed by atoms with Crippen LogP contribution in [0.15, 0.2) is 21.1 Å². The molecule has 5 nitrogen and oxygen atoms in total. The van der Waals surface area contributed by atoms with E-state index in [0.717, 1.165) is 32.2 Å². The Morgan fingerprint density at radius 3 is 2.71 bits per heavy atom. The van der Waals surface area contributed by atoms with Gasteiger partial charge in [0, 0.05) is 6.21 Å². The number of benzene rings is 1. The molecule has 0 radical (unpaired) electrons. The van der Waals surface area contributed by atoms with E-state index in [1.807, 2.05) is 0 Å². The van der Waals surface area contributed by atoms with Gasteiger partial charge in [-0.2, -0.15) is 0 Å². The number of halogens is 3. The Labute approximate surface area is 146 Å². The predicted octanol–water partition coefficient (Wildman–Crippen LogP) is 3.80. The smallest absolute Gasteiger partial charge is 0.343 e. The Balaban J connectivity index is 2.57. The highest BCUT2D eigenvalue weighted by molar-refractivity contribution is 9.10. The van der Waals surface area contributed by atoms with Crippen molar-refractivity contribution in [2.75, 3.05) is 13.7 Å². The topological polar surface area (TPSA) is 68.1 Å². The van der Waals surface area contributed by atoms with Gasteiger partial charge in [-0.05, 0) is 41.8 Å². The number of ether oxygens (including phenoxy) is 2. The first-order chi connectivity index (χ1) is 11.4. The Morgan fingerprint density at radius 2 is 2.17 bits per heavy atom. The number of aliphatic imine (C=N–C) groups is 1. The molecular weight excluding hydrogens is 388 g/mol. The zero-order valence-electron chi connectivity index (χ0n) is 13.1. The zero-order valence-corrected chi connectivity index (χ0v) is 14.7. The summed E-state index contributed by atoms with van der Waals surface area (Å²) in [6, 6.07) is 0.838. The molecule has 1 aromatic rings. The van der Waals surface area contributed by atoms with E-state index in [2.05, 4.69) is 20.9 Å². The van der Waals surface area contributed by atoms with Crippen molar-refractivity contribution in [3.8, 4) is 5.75 Å². The third-order valence-corrected chi connectivity index (χ3v) is 4.03. The second-order valence-corrected chi connectivity index (χ2v) is 5.85. The zero-order chi connectivity index (χ0) is 17.9. The number of carbonyl (C=O) groups excluding carboxylic acids is 1. The number of rotatable bonds is 6. The van der Waals surface area contributed by atoms with Gasteiger partial charge in [-0.3, -0.25) is 4.99 Å². The fourth-order valence-electron chi connectivity index (χ4n) is 1.90. The monoisotopic (exact) mass is 403 g/mol. The summed E-state index contributed by atoms with van der Waals surface area (Å²) in [5.41, 5.74) is -0.857. The molecule has 0 unspecified atom stereocenters. The van der Waals surface area contributed by atoms with Gasteiger partial charge in [0.2, 0.25) is 0 Å². The normalized spacial score (nSPS) is 15.4. The van der Waals surface area contributed by atoms with Crippen LogP contribution in [-0.4, -0.2) is 37.0 Å². The minimum Gasteiger partial charge on any atom is -0.506 e. The molecule has 1 fully saturated rings. The first-order valence-corrected chi connectivity index (χ1v) is 8.05. The van der Waals surface area contributed by atoms with Crippen LogP contribution in [0.25, 0.3) is 5.76 Å². The lowest BCUT2D eigenvalue weighted by Gasteiger charge is -2.12. The van der Waals surface area contributed by atoms with E-state index in [9.17, 15) is 18.7 Å². The molecule has 24 heavy (non-hydrogen) atoms. The van der Waals surface area contributed by atoms with Crippen molar-refractivity contribution < 1.29 is 28.2 Å². The van der Waals surface area contributed by atoms with Gasteiger partial charge in [-0.1, -0.05) is 0 Å². The fraction of sp³-hybridized carbons (Fsp3) is 0.375. The second kappa shape index (κ2) is 7.74. The number of carbonyl (C=O) groups is 1. The molecule has 0 bridgehead atoms. The third-order valence-electron chi connectivity index (χ3n) is 3.29. The number of methoxy groups -OCH3 is 1. The molecule has 1 aliphatic carbocycles. The molecule has 0 saturated heterocycles. The van der Waals surface area contributed by atoms with Crippen molar-refractivity contribution in [3.63, 3.8) is 0 Å². The Bertz CT molecular complexity index is 715. The fourth-order valence-corrected chi connectivity index (χ4v) is 2.35. The Hall–Kier alpha value is -1.96. The van der Waals surface area contributed by atoms with Gasteiger partial charge in [0.25, 0.3) is 0 Å². The molecule has 8 heteroatoms. The summed E-state index contributed by atoms with van der Waals surface area (Å²) < 4.78 is 37.8. The van der Waals surface area contributed by atoms with Crippen LogP contribution in [0.4, 0.5) is 8.78 Å². The largest absolute Gasteiger partial charge is 0.506 e. The Morgan fingerprint density at radius 1 is 1.50 bits per heavy atom. The first-order valence-electron chi connectivity index (χ1n) is 7.26. The van der Waals surface area contributed by atoms with Gasteiger partial charge in [-0.15, -0.1) is 0 Å². The number of aliphatic hydroxyl groups excluding tert-OH is 1. The van der Waals surface area contributed by atoms with Crippen molar-refractivity contribution in [1.82, 2.24) is 0 Å². The minimum atomic E-state index is -1.01. The molecule has 1 aliphatic rings. The standard InChI is InChI=1S/C16H16BrF2NO4/c1-3-24-16(22)10(7-20-8-4-5-8)14(21)9-6-11(18)12(17)15(23-2)13(9)19/h6-8,21H,3-5H2,1-2H3/b14-10-,20-7?. The van der Waals surface area contributed by atoms with Crippen LogP contribution in [0.1, 0.15) is 25.3 Å². The van der Waals surface area contributed by atoms with Gasteiger partial charge < -0.3 is 14.6 Å². The summed E-state index contributed by atoms with van der Waals surface area (Å²) in [5, 5.41) is 10.3. The van der Waals surface area contributed by atoms with Crippen LogP contribution in [-0.2, 0) is 9.53 Å². The minimum absolute atomic E-state index is 0.0629. The summed E-state index contributed by atoms with van der Waals surface area (Å²) >= 11 is 2.87.